The maximum absolute atomic E-state index is 6.09. The molecule has 0 amide bonds. The van der Waals surface area contributed by atoms with Gasteiger partial charge in [0.05, 0.1) is 11.0 Å². The smallest absolute Gasteiger partial charge is 0.111 e. The summed E-state index contributed by atoms with van der Waals surface area (Å²) in [6.45, 7) is 0.990. The van der Waals surface area contributed by atoms with E-state index in [-0.39, 0.29) is 0 Å². The van der Waals surface area contributed by atoms with E-state index in [1.54, 1.807) is 0 Å². The summed E-state index contributed by atoms with van der Waals surface area (Å²) in [5.74, 6) is 2.87. The summed E-state index contributed by atoms with van der Waals surface area (Å²) >= 11 is 13.9. The van der Waals surface area contributed by atoms with Crippen molar-refractivity contribution in [2.24, 2.45) is 0 Å². The Morgan fingerprint density at radius 2 is 2.16 bits per heavy atom. The molecule has 0 aliphatic rings. The van der Waals surface area contributed by atoms with Gasteiger partial charge in [0.1, 0.15) is 5.82 Å². The number of aryl methyl sites for hydroxylation is 2. The topological polar surface area (TPSA) is 17.8 Å². The van der Waals surface area contributed by atoms with Crippen molar-refractivity contribution in [1.29, 1.82) is 0 Å². The summed E-state index contributed by atoms with van der Waals surface area (Å²) in [5.41, 5.74) is 2.13. The fourth-order valence-electron chi connectivity index (χ4n) is 2.19. The van der Waals surface area contributed by atoms with Crippen molar-refractivity contribution in [3.63, 3.8) is 0 Å². The minimum absolute atomic E-state index is 0.599. The van der Waals surface area contributed by atoms with Crippen molar-refractivity contribution in [3.05, 3.63) is 29.0 Å². The number of hydrogen-bond acceptors (Lipinski definition) is 2. The van der Waals surface area contributed by atoms with Gasteiger partial charge in [0, 0.05) is 23.9 Å². The van der Waals surface area contributed by atoms with E-state index < -0.39 is 0 Å². The van der Waals surface area contributed by atoms with Crippen LogP contribution in [0.5, 0.6) is 0 Å². The molecule has 104 valence electrons. The molecule has 1 heterocycles. The molecule has 0 fully saturated rings. The van der Waals surface area contributed by atoms with Crippen molar-refractivity contribution in [2.45, 2.75) is 25.8 Å². The number of unbranched alkanes of at least 4 members (excludes halogenated alkanes) is 1. The Bertz CT molecular complexity index is 539. The Kier molecular flexibility index (Phi) is 5.86. The summed E-state index contributed by atoms with van der Waals surface area (Å²) in [4.78, 5) is 4.66. The van der Waals surface area contributed by atoms with Crippen LogP contribution in [0, 0.1) is 0 Å². The molecule has 0 atom stereocenters. The van der Waals surface area contributed by atoms with E-state index in [1.807, 2.05) is 30.0 Å². The van der Waals surface area contributed by atoms with Gasteiger partial charge >= 0.3 is 0 Å². The van der Waals surface area contributed by atoms with E-state index in [1.165, 1.54) is 12.2 Å². The van der Waals surface area contributed by atoms with Gasteiger partial charge in [-0.05, 0) is 43.0 Å². The van der Waals surface area contributed by atoms with Gasteiger partial charge in [-0.2, -0.15) is 11.8 Å². The molecule has 0 spiro atoms. The molecular formula is C14H18Cl2N2S. The Balaban J connectivity index is 2.25. The van der Waals surface area contributed by atoms with Crippen molar-refractivity contribution >= 4 is 46.0 Å². The van der Waals surface area contributed by atoms with E-state index in [0.717, 1.165) is 41.3 Å². The molecule has 2 aromatic rings. The maximum Gasteiger partial charge on any atom is 0.111 e. The molecule has 0 unspecified atom stereocenters. The molecule has 2 rings (SSSR count). The zero-order valence-corrected chi connectivity index (χ0v) is 13.4. The average Bonchev–Trinajstić information content (AvgIpc) is 2.73. The van der Waals surface area contributed by atoms with Crippen molar-refractivity contribution < 1.29 is 0 Å². The summed E-state index contributed by atoms with van der Waals surface area (Å²) in [6.07, 6.45) is 5.33. The molecule has 0 N–H and O–H groups in total. The number of fused-ring (bicyclic) bond motifs is 1. The third-order valence-corrected chi connectivity index (χ3v) is 4.21. The Hall–Kier alpha value is -0.380. The number of halogens is 2. The van der Waals surface area contributed by atoms with Gasteiger partial charge in [0.2, 0.25) is 0 Å². The highest BCUT2D eigenvalue weighted by Crippen LogP contribution is 2.22. The maximum atomic E-state index is 6.09. The van der Waals surface area contributed by atoms with Crippen LogP contribution < -0.4 is 0 Å². The fourth-order valence-corrected chi connectivity index (χ4v) is 3.02. The average molecular weight is 317 g/mol. The van der Waals surface area contributed by atoms with Crippen LogP contribution in [-0.4, -0.2) is 27.4 Å². The summed E-state index contributed by atoms with van der Waals surface area (Å²) in [7, 11) is 0. The Morgan fingerprint density at radius 1 is 1.32 bits per heavy atom. The van der Waals surface area contributed by atoms with Crippen LogP contribution in [0.4, 0.5) is 0 Å². The zero-order valence-electron chi connectivity index (χ0n) is 11.0. The second-order valence-corrected chi connectivity index (χ2v) is 6.25. The third kappa shape index (κ3) is 3.80. The van der Waals surface area contributed by atoms with E-state index in [2.05, 4.69) is 15.8 Å². The highest BCUT2D eigenvalue weighted by atomic mass is 35.5. The highest BCUT2D eigenvalue weighted by molar-refractivity contribution is 7.98. The second-order valence-electron chi connectivity index (χ2n) is 4.45. The fraction of sp³-hybridized carbons (Fsp3) is 0.500. The van der Waals surface area contributed by atoms with Gasteiger partial charge in [0.25, 0.3) is 0 Å². The summed E-state index contributed by atoms with van der Waals surface area (Å²) in [6, 6.07) is 5.86. The first-order valence-corrected chi connectivity index (χ1v) is 8.76. The van der Waals surface area contributed by atoms with Crippen LogP contribution in [0.1, 0.15) is 18.7 Å². The minimum atomic E-state index is 0.599. The number of aromatic nitrogens is 2. The van der Waals surface area contributed by atoms with Crippen molar-refractivity contribution in [3.8, 4) is 0 Å². The van der Waals surface area contributed by atoms with Crippen LogP contribution in [0.15, 0.2) is 18.2 Å². The molecule has 0 saturated heterocycles. The number of alkyl halides is 1. The van der Waals surface area contributed by atoms with Gasteiger partial charge in [-0.1, -0.05) is 11.6 Å². The lowest BCUT2D eigenvalue weighted by atomic mass is 10.3. The van der Waals surface area contributed by atoms with Crippen LogP contribution in [-0.2, 0) is 13.0 Å². The number of imidazole rings is 1. The molecular weight excluding hydrogens is 299 g/mol. The van der Waals surface area contributed by atoms with Crippen LogP contribution in [0.2, 0.25) is 5.02 Å². The Morgan fingerprint density at radius 3 is 2.89 bits per heavy atom. The van der Waals surface area contributed by atoms with Gasteiger partial charge in [-0.25, -0.2) is 4.98 Å². The lowest BCUT2D eigenvalue weighted by molar-refractivity contribution is 0.623. The number of hydrogen-bond donors (Lipinski definition) is 0. The number of benzene rings is 1. The molecule has 0 saturated carbocycles. The van der Waals surface area contributed by atoms with E-state index in [0.29, 0.717) is 5.88 Å². The molecule has 0 aliphatic heterocycles. The van der Waals surface area contributed by atoms with E-state index in [9.17, 15) is 0 Å². The second kappa shape index (κ2) is 7.41. The van der Waals surface area contributed by atoms with Gasteiger partial charge in [-0.15, -0.1) is 11.6 Å². The lowest BCUT2D eigenvalue weighted by Gasteiger charge is -2.08. The first kappa shape index (κ1) is 15.0. The minimum Gasteiger partial charge on any atom is -0.328 e. The molecule has 0 bridgehead atoms. The van der Waals surface area contributed by atoms with E-state index in [4.69, 9.17) is 23.2 Å². The molecule has 1 aromatic heterocycles. The predicted molar refractivity (Wildman–Crippen MR) is 86.8 cm³/mol. The van der Waals surface area contributed by atoms with Crippen molar-refractivity contribution in [2.75, 3.05) is 17.9 Å². The van der Waals surface area contributed by atoms with Gasteiger partial charge in [0.15, 0.2) is 0 Å². The third-order valence-electron chi connectivity index (χ3n) is 3.09. The van der Waals surface area contributed by atoms with Crippen LogP contribution in [0.25, 0.3) is 11.0 Å². The monoisotopic (exact) mass is 316 g/mol. The molecule has 1 aromatic carbocycles. The highest BCUT2D eigenvalue weighted by Gasteiger charge is 2.10. The molecule has 19 heavy (non-hydrogen) atoms. The SMILES string of the molecule is CSCCCCn1c(CCCl)nc2ccc(Cl)cc21. The standard InChI is InChI=1S/C14H18Cl2N2S/c1-19-9-3-2-8-18-13-10-11(16)4-5-12(13)17-14(18)6-7-15/h4-5,10H,2-3,6-9H2,1H3. The van der Waals surface area contributed by atoms with E-state index >= 15 is 0 Å². The van der Waals surface area contributed by atoms with Crippen LogP contribution in [0.3, 0.4) is 0 Å². The molecule has 0 radical (unpaired) electrons. The molecule has 2 nitrogen and oxygen atoms in total. The number of nitrogens with zero attached hydrogens (tertiary/aromatic N) is 2. The first-order chi connectivity index (χ1) is 9.26. The predicted octanol–water partition coefficient (Wildman–Crippen LogP) is 4.61. The Labute approximate surface area is 128 Å². The number of thioether (sulfide) groups is 1. The normalized spacial score (nSPS) is 11.3. The van der Waals surface area contributed by atoms with Gasteiger partial charge < -0.3 is 4.57 Å². The first-order valence-electron chi connectivity index (χ1n) is 6.46. The quantitative estimate of drug-likeness (QED) is 0.548. The van der Waals surface area contributed by atoms with Crippen molar-refractivity contribution in [1.82, 2.24) is 9.55 Å². The van der Waals surface area contributed by atoms with Gasteiger partial charge in [-0.3, -0.25) is 0 Å². The summed E-state index contributed by atoms with van der Waals surface area (Å²) in [5, 5.41) is 0.759. The molecule has 0 aliphatic carbocycles. The molecule has 5 heteroatoms. The lowest BCUT2D eigenvalue weighted by Crippen LogP contribution is -2.05. The largest absolute Gasteiger partial charge is 0.328 e. The zero-order chi connectivity index (χ0) is 13.7. The summed E-state index contributed by atoms with van der Waals surface area (Å²) < 4.78 is 2.27. The number of rotatable bonds is 7. The van der Waals surface area contributed by atoms with Crippen LogP contribution >= 0.6 is 35.0 Å².